The highest BCUT2D eigenvalue weighted by Crippen LogP contribution is 2.24. The maximum atomic E-state index is 14.4. The van der Waals surface area contributed by atoms with Crippen LogP contribution in [0.2, 0.25) is 0 Å². The molecule has 1 atom stereocenters. The molecule has 0 aliphatic rings. The van der Waals surface area contributed by atoms with E-state index in [-0.39, 0.29) is 17.1 Å². The zero-order chi connectivity index (χ0) is 21.0. The summed E-state index contributed by atoms with van der Waals surface area (Å²) in [5.41, 5.74) is 2.88. The molecule has 0 saturated carbocycles. The van der Waals surface area contributed by atoms with Gasteiger partial charge < -0.3 is 9.88 Å². The molecule has 3 aromatic rings. The van der Waals surface area contributed by atoms with Crippen LogP contribution < -0.4 is 5.32 Å². The Labute approximate surface area is 171 Å². The summed E-state index contributed by atoms with van der Waals surface area (Å²) in [6.45, 7) is 6.53. The van der Waals surface area contributed by atoms with Gasteiger partial charge in [0.2, 0.25) is 5.91 Å². The lowest BCUT2D eigenvalue weighted by Crippen LogP contribution is -2.31. The van der Waals surface area contributed by atoms with Crippen LogP contribution in [0.5, 0.6) is 0 Å². The summed E-state index contributed by atoms with van der Waals surface area (Å²) in [6.07, 6.45) is 4.38. The molecule has 0 fully saturated rings. The molecule has 1 N–H and O–H groups in total. The van der Waals surface area contributed by atoms with Crippen LogP contribution in [0.25, 0.3) is 0 Å². The van der Waals surface area contributed by atoms with Gasteiger partial charge in [-0.2, -0.15) is 0 Å². The van der Waals surface area contributed by atoms with Crippen molar-refractivity contribution in [1.82, 2.24) is 14.9 Å². The number of hydrogen-bond acceptors (Lipinski definition) is 2. The van der Waals surface area contributed by atoms with Gasteiger partial charge in [-0.25, -0.2) is 9.37 Å². The van der Waals surface area contributed by atoms with E-state index in [4.69, 9.17) is 0 Å². The molecule has 4 nitrogen and oxygen atoms in total. The van der Waals surface area contributed by atoms with Crippen LogP contribution in [0, 0.1) is 5.82 Å². The number of hydrogen-bond donors (Lipinski definition) is 1. The average molecular weight is 394 g/mol. The van der Waals surface area contributed by atoms with Crippen molar-refractivity contribution in [2.75, 3.05) is 0 Å². The first-order valence-corrected chi connectivity index (χ1v) is 9.86. The molecule has 0 radical (unpaired) electrons. The number of carbonyl (C=O) groups excluding carboxylic acids is 1. The lowest BCUT2D eigenvalue weighted by molar-refractivity contribution is -0.121. The number of imidazole rings is 1. The Morgan fingerprint density at radius 1 is 1.14 bits per heavy atom. The van der Waals surface area contributed by atoms with E-state index in [1.165, 1.54) is 11.6 Å². The third-order valence-corrected chi connectivity index (χ3v) is 5.10. The maximum absolute atomic E-state index is 14.4. The second-order valence-electron chi connectivity index (χ2n) is 8.37. The molecular formula is C24H28FN3O. The number of carbonyl (C=O) groups is 1. The van der Waals surface area contributed by atoms with Gasteiger partial charge in [0.15, 0.2) is 0 Å². The Morgan fingerprint density at radius 3 is 2.41 bits per heavy atom. The molecule has 1 heterocycles. The van der Waals surface area contributed by atoms with E-state index in [1.807, 2.05) is 7.05 Å². The largest absolute Gasteiger partial charge is 0.342 e. The Hall–Kier alpha value is -2.95. The first-order chi connectivity index (χ1) is 13.8. The molecule has 29 heavy (non-hydrogen) atoms. The smallest absolute Gasteiger partial charge is 0.221 e. The third-order valence-electron chi connectivity index (χ3n) is 5.10. The summed E-state index contributed by atoms with van der Waals surface area (Å²) in [5.74, 6) is 0.0951. The molecule has 1 amide bonds. The average Bonchev–Trinajstić information content (AvgIpc) is 3.10. The number of aromatic nitrogens is 2. The Kier molecular flexibility index (Phi) is 6.16. The zero-order valence-corrected chi connectivity index (χ0v) is 17.4. The molecule has 3 rings (SSSR count). The Bertz CT molecular complexity index is 970. The van der Waals surface area contributed by atoms with E-state index in [2.05, 4.69) is 55.3 Å². The van der Waals surface area contributed by atoms with Gasteiger partial charge in [0, 0.05) is 31.4 Å². The lowest BCUT2D eigenvalue weighted by atomic mass is 9.86. The monoisotopic (exact) mass is 393 g/mol. The minimum Gasteiger partial charge on any atom is -0.342 e. The molecule has 1 unspecified atom stereocenters. The van der Waals surface area contributed by atoms with Crippen LogP contribution in [-0.4, -0.2) is 15.5 Å². The maximum Gasteiger partial charge on any atom is 0.221 e. The lowest BCUT2D eigenvalue weighted by Gasteiger charge is -2.20. The Morgan fingerprint density at radius 2 is 1.83 bits per heavy atom. The minimum atomic E-state index is -0.632. The van der Waals surface area contributed by atoms with Crippen molar-refractivity contribution in [2.24, 2.45) is 7.05 Å². The third kappa shape index (κ3) is 5.11. The normalized spacial score (nSPS) is 12.6. The fraction of sp³-hybridized carbons (Fsp3) is 0.333. The Balaban J connectivity index is 1.71. The number of nitrogens with one attached hydrogen (secondary N) is 1. The van der Waals surface area contributed by atoms with Gasteiger partial charge in [-0.15, -0.1) is 0 Å². The van der Waals surface area contributed by atoms with Gasteiger partial charge >= 0.3 is 0 Å². The van der Waals surface area contributed by atoms with Crippen LogP contribution in [0.15, 0.2) is 60.9 Å². The number of halogens is 1. The summed E-state index contributed by atoms with van der Waals surface area (Å²) in [6, 6.07) is 14.2. The van der Waals surface area contributed by atoms with Gasteiger partial charge in [0.05, 0.1) is 0 Å². The fourth-order valence-electron chi connectivity index (χ4n) is 3.31. The minimum absolute atomic E-state index is 0.102. The molecule has 1 aromatic heterocycles. The van der Waals surface area contributed by atoms with Crippen molar-refractivity contribution < 1.29 is 9.18 Å². The quantitative estimate of drug-likeness (QED) is 0.660. The van der Waals surface area contributed by atoms with E-state index in [9.17, 15) is 9.18 Å². The summed E-state index contributed by atoms with van der Waals surface area (Å²) in [5, 5.41) is 2.96. The van der Waals surface area contributed by atoms with Crippen molar-refractivity contribution in [1.29, 1.82) is 0 Å². The second-order valence-corrected chi connectivity index (χ2v) is 8.37. The van der Waals surface area contributed by atoms with Crippen molar-refractivity contribution in [3.63, 3.8) is 0 Å². The number of amides is 1. The molecule has 0 aliphatic carbocycles. The van der Waals surface area contributed by atoms with E-state index in [1.54, 1.807) is 35.2 Å². The standard InChI is InChI=1S/C24H28FN3O/c1-24(2,3)18-12-9-17(10-13-18)11-14-21(29)27-22(23-26-15-16-28(23)4)19-7-5-6-8-20(19)25/h5-10,12-13,15-16,22H,11,14H2,1-4H3,(H,27,29). The molecule has 5 heteroatoms. The van der Waals surface area contributed by atoms with E-state index >= 15 is 0 Å². The van der Waals surface area contributed by atoms with Crippen LogP contribution in [0.1, 0.15) is 55.7 Å². The van der Waals surface area contributed by atoms with E-state index in [0.29, 0.717) is 24.2 Å². The number of aryl methyl sites for hydroxylation is 2. The van der Waals surface area contributed by atoms with Crippen LogP contribution >= 0.6 is 0 Å². The molecule has 0 bridgehead atoms. The van der Waals surface area contributed by atoms with Gasteiger partial charge in [-0.05, 0) is 29.0 Å². The van der Waals surface area contributed by atoms with E-state index < -0.39 is 6.04 Å². The first-order valence-electron chi connectivity index (χ1n) is 9.86. The van der Waals surface area contributed by atoms with Crippen LogP contribution in [0.3, 0.4) is 0 Å². The predicted octanol–water partition coefficient (Wildman–Crippen LogP) is 4.70. The summed E-state index contributed by atoms with van der Waals surface area (Å²) in [4.78, 5) is 17.0. The van der Waals surface area contributed by atoms with Crippen molar-refractivity contribution >= 4 is 5.91 Å². The summed E-state index contributed by atoms with van der Waals surface area (Å²) in [7, 11) is 1.83. The van der Waals surface area contributed by atoms with Gasteiger partial charge in [0.1, 0.15) is 17.7 Å². The first kappa shape index (κ1) is 20.8. The SMILES string of the molecule is Cn1ccnc1C(NC(=O)CCc1ccc(C(C)(C)C)cc1)c1ccccc1F. The molecule has 0 aliphatic heterocycles. The summed E-state index contributed by atoms with van der Waals surface area (Å²) >= 11 is 0. The molecular weight excluding hydrogens is 365 g/mol. The van der Waals surface area contributed by atoms with Crippen molar-refractivity contribution in [2.45, 2.75) is 45.1 Å². The topological polar surface area (TPSA) is 46.9 Å². The highest BCUT2D eigenvalue weighted by molar-refractivity contribution is 5.77. The van der Waals surface area contributed by atoms with Gasteiger partial charge in [0.25, 0.3) is 0 Å². The molecule has 0 saturated heterocycles. The predicted molar refractivity (Wildman–Crippen MR) is 113 cm³/mol. The summed E-state index contributed by atoms with van der Waals surface area (Å²) < 4.78 is 16.2. The van der Waals surface area contributed by atoms with Crippen LogP contribution in [-0.2, 0) is 23.7 Å². The number of rotatable bonds is 6. The van der Waals surface area contributed by atoms with Gasteiger partial charge in [-0.1, -0.05) is 63.2 Å². The van der Waals surface area contributed by atoms with Crippen LogP contribution in [0.4, 0.5) is 4.39 Å². The fourth-order valence-corrected chi connectivity index (χ4v) is 3.31. The van der Waals surface area contributed by atoms with Crippen molar-refractivity contribution in [3.05, 3.63) is 89.3 Å². The highest BCUT2D eigenvalue weighted by Gasteiger charge is 2.23. The molecule has 2 aromatic carbocycles. The number of benzene rings is 2. The second kappa shape index (κ2) is 8.60. The number of nitrogens with zero attached hydrogens (tertiary/aromatic N) is 2. The highest BCUT2D eigenvalue weighted by atomic mass is 19.1. The van der Waals surface area contributed by atoms with Gasteiger partial charge in [-0.3, -0.25) is 4.79 Å². The van der Waals surface area contributed by atoms with Crippen molar-refractivity contribution in [3.8, 4) is 0 Å². The molecule has 152 valence electrons. The molecule has 0 spiro atoms. The van der Waals surface area contributed by atoms with E-state index in [0.717, 1.165) is 5.56 Å². The zero-order valence-electron chi connectivity index (χ0n) is 17.4.